The van der Waals surface area contributed by atoms with Gasteiger partial charge in [0.1, 0.15) is 0 Å². The van der Waals surface area contributed by atoms with Crippen LogP contribution in [0.5, 0.6) is 0 Å². The van der Waals surface area contributed by atoms with Gasteiger partial charge in [0, 0.05) is 11.3 Å². The summed E-state index contributed by atoms with van der Waals surface area (Å²) in [6.07, 6.45) is 1.80. The number of anilines is 1. The van der Waals surface area contributed by atoms with Crippen LogP contribution in [0.3, 0.4) is 0 Å². The van der Waals surface area contributed by atoms with Crippen molar-refractivity contribution in [1.82, 2.24) is 19.7 Å². The van der Waals surface area contributed by atoms with E-state index in [1.165, 1.54) is 5.56 Å². The molecule has 0 bridgehead atoms. The van der Waals surface area contributed by atoms with Crippen molar-refractivity contribution >= 4 is 23.2 Å². The van der Waals surface area contributed by atoms with Crippen LogP contribution in [0, 0.1) is 13.8 Å². The number of nitrogens with zero attached hydrogens (tertiary/aromatic N) is 4. The number of aromatic amines is 1. The number of benzene rings is 2. The van der Waals surface area contributed by atoms with Crippen molar-refractivity contribution in [1.29, 1.82) is 0 Å². The first kappa shape index (κ1) is 16.1. The van der Waals surface area contributed by atoms with E-state index in [2.05, 4.69) is 44.7 Å². The maximum atomic E-state index is 4.64. The van der Waals surface area contributed by atoms with Crippen LogP contribution >= 0.6 is 0 Å². The van der Waals surface area contributed by atoms with E-state index in [0.29, 0.717) is 5.95 Å². The van der Waals surface area contributed by atoms with E-state index < -0.39 is 0 Å². The smallest absolute Gasteiger partial charge is 0.222 e. The zero-order valence-corrected chi connectivity index (χ0v) is 14.8. The Labute approximate surface area is 151 Å². The average Bonchev–Trinajstić information content (AvgIpc) is 3.18. The molecule has 0 aliphatic rings. The van der Waals surface area contributed by atoms with Gasteiger partial charge in [0.25, 0.3) is 0 Å². The highest BCUT2D eigenvalue weighted by Crippen LogP contribution is 2.15. The highest BCUT2D eigenvalue weighted by Gasteiger charge is 2.10. The summed E-state index contributed by atoms with van der Waals surface area (Å²) in [6.45, 7) is 4.81. The highest BCUT2D eigenvalue weighted by atomic mass is 15.4. The third-order valence-corrected chi connectivity index (χ3v) is 4.37. The predicted octanol–water partition coefficient (Wildman–Crippen LogP) is 3.87. The quantitative estimate of drug-likeness (QED) is 0.426. The number of H-pyrrole nitrogens is 1. The Morgan fingerprint density at radius 3 is 2.65 bits per heavy atom. The monoisotopic (exact) mass is 344 g/mol. The summed E-state index contributed by atoms with van der Waals surface area (Å²) >= 11 is 0. The Morgan fingerprint density at radius 1 is 1.08 bits per heavy atom. The molecule has 4 aromatic rings. The summed E-state index contributed by atoms with van der Waals surface area (Å²) in [6, 6.07) is 18.2. The van der Waals surface area contributed by atoms with Gasteiger partial charge in [0.2, 0.25) is 5.95 Å². The maximum absolute atomic E-state index is 4.64. The number of aromatic nitrogens is 4. The molecule has 26 heavy (non-hydrogen) atoms. The molecule has 2 aromatic carbocycles. The van der Waals surface area contributed by atoms with Crippen LogP contribution < -0.4 is 5.43 Å². The number of hydrogen-bond acceptors (Lipinski definition) is 4. The molecule has 0 aliphatic carbocycles. The van der Waals surface area contributed by atoms with Crippen LogP contribution in [0.2, 0.25) is 0 Å². The van der Waals surface area contributed by atoms with Gasteiger partial charge in [-0.25, -0.2) is 10.4 Å². The molecule has 0 saturated heterocycles. The van der Waals surface area contributed by atoms with Crippen molar-refractivity contribution < 1.29 is 0 Å². The molecule has 6 nitrogen and oxygen atoms in total. The third-order valence-electron chi connectivity index (χ3n) is 4.37. The van der Waals surface area contributed by atoms with E-state index in [1.807, 2.05) is 54.1 Å². The second-order valence-electron chi connectivity index (χ2n) is 6.20. The Morgan fingerprint density at radius 2 is 1.85 bits per heavy atom. The van der Waals surface area contributed by atoms with Gasteiger partial charge in [-0.05, 0) is 31.5 Å². The normalized spacial score (nSPS) is 11.5. The first-order valence-electron chi connectivity index (χ1n) is 8.52. The number of rotatable bonds is 5. The molecule has 0 amide bonds. The van der Waals surface area contributed by atoms with E-state index in [1.54, 1.807) is 6.21 Å². The summed E-state index contributed by atoms with van der Waals surface area (Å²) in [4.78, 5) is 7.64. The molecule has 2 heterocycles. The number of nitrogens with one attached hydrogen (secondary N) is 2. The van der Waals surface area contributed by atoms with Crippen molar-refractivity contribution in [3.05, 3.63) is 77.1 Å². The molecule has 0 aliphatic heterocycles. The zero-order valence-electron chi connectivity index (χ0n) is 14.8. The molecule has 0 saturated carbocycles. The number of hydrogen-bond donors (Lipinski definition) is 2. The fraction of sp³-hybridized carbons (Fsp3) is 0.150. The highest BCUT2D eigenvalue weighted by molar-refractivity contribution is 5.83. The number of hydrazone groups is 1. The van der Waals surface area contributed by atoms with Crippen molar-refractivity contribution in [3.63, 3.8) is 0 Å². The van der Waals surface area contributed by atoms with Crippen molar-refractivity contribution in [2.75, 3.05) is 5.43 Å². The van der Waals surface area contributed by atoms with E-state index in [-0.39, 0.29) is 0 Å². The lowest BCUT2D eigenvalue weighted by atomic mass is 10.2. The standard InChI is InChI=1S/C20H20N6/c1-14-17(15(2)26(25-14)13-16-8-4-3-5-9-16)12-21-24-20-22-18-10-6-7-11-19(18)23-20/h3-12H,13H2,1-2H3,(H2,22,23,24)/b21-12+. The minimum atomic E-state index is 0.620. The first-order chi connectivity index (χ1) is 12.7. The van der Waals surface area contributed by atoms with Crippen LogP contribution in [0.15, 0.2) is 59.7 Å². The zero-order chi connectivity index (χ0) is 17.9. The second-order valence-corrected chi connectivity index (χ2v) is 6.20. The lowest BCUT2D eigenvalue weighted by Gasteiger charge is -2.04. The van der Waals surface area contributed by atoms with Gasteiger partial charge in [-0.1, -0.05) is 42.5 Å². The van der Waals surface area contributed by atoms with Gasteiger partial charge < -0.3 is 4.98 Å². The van der Waals surface area contributed by atoms with Gasteiger partial charge in [0.15, 0.2) is 0 Å². The van der Waals surface area contributed by atoms with E-state index in [0.717, 1.165) is 34.5 Å². The topological polar surface area (TPSA) is 70.9 Å². The molecule has 0 unspecified atom stereocenters. The van der Waals surface area contributed by atoms with Gasteiger partial charge in [0.05, 0.1) is 29.5 Å². The van der Waals surface area contributed by atoms with Crippen molar-refractivity contribution in [2.24, 2.45) is 5.10 Å². The average molecular weight is 344 g/mol. The Balaban J connectivity index is 1.51. The minimum absolute atomic E-state index is 0.620. The molecule has 0 atom stereocenters. The van der Waals surface area contributed by atoms with E-state index >= 15 is 0 Å². The molecular formula is C20H20N6. The number of fused-ring (bicyclic) bond motifs is 1. The van der Waals surface area contributed by atoms with Gasteiger partial charge in [-0.2, -0.15) is 10.2 Å². The fourth-order valence-electron chi connectivity index (χ4n) is 2.97. The lowest BCUT2D eigenvalue weighted by Crippen LogP contribution is -2.04. The predicted molar refractivity (Wildman–Crippen MR) is 105 cm³/mol. The molecule has 4 rings (SSSR count). The van der Waals surface area contributed by atoms with Crippen LogP contribution in [-0.2, 0) is 6.54 Å². The SMILES string of the molecule is Cc1nn(Cc2ccccc2)c(C)c1/C=N/Nc1nc2ccccc2[nH]1. The first-order valence-corrected chi connectivity index (χ1v) is 8.52. The summed E-state index contributed by atoms with van der Waals surface area (Å²) < 4.78 is 2.01. The maximum Gasteiger partial charge on any atom is 0.222 e. The molecule has 0 radical (unpaired) electrons. The summed E-state index contributed by atoms with van der Waals surface area (Å²) in [5.74, 6) is 0.620. The van der Waals surface area contributed by atoms with Crippen LogP contribution in [-0.4, -0.2) is 26.0 Å². The Kier molecular flexibility index (Phi) is 4.23. The Bertz CT molecular complexity index is 1030. The van der Waals surface area contributed by atoms with Crippen molar-refractivity contribution in [2.45, 2.75) is 20.4 Å². The fourth-order valence-corrected chi connectivity index (χ4v) is 2.97. The van der Waals surface area contributed by atoms with E-state index in [9.17, 15) is 0 Å². The second kappa shape index (κ2) is 6.84. The summed E-state index contributed by atoms with van der Waals surface area (Å²) in [7, 11) is 0. The van der Waals surface area contributed by atoms with Gasteiger partial charge in [-0.15, -0.1) is 0 Å². The lowest BCUT2D eigenvalue weighted by molar-refractivity contribution is 0.659. The number of para-hydroxylation sites is 2. The Hall–Kier alpha value is -3.41. The molecule has 0 spiro atoms. The van der Waals surface area contributed by atoms with Crippen LogP contribution in [0.25, 0.3) is 11.0 Å². The van der Waals surface area contributed by atoms with Crippen molar-refractivity contribution in [3.8, 4) is 0 Å². The molecule has 0 fully saturated rings. The van der Waals surface area contributed by atoms with E-state index in [4.69, 9.17) is 0 Å². The number of aryl methyl sites for hydroxylation is 1. The molecule has 2 aromatic heterocycles. The largest absolute Gasteiger partial charge is 0.323 e. The van der Waals surface area contributed by atoms with Gasteiger partial charge >= 0.3 is 0 Å². The summed E-state index contributed by atoms with van der Waals surface area (Å²) in [5, 5.41) is 8.97. The third kappa shape index (κ3) is 3.21. The van der Waals surface area contributed by atoms with Gasteiger partial charge in [-0.3, -0.25) is 4.68 Å². The van der Waals surface area contributed by atoms with Crippen LogP contribution in [0.1, 0.15) is 22.5 Å². The molecule has 2 N–H and O–H groups in total. The molecule has 6 heteroatoms. The molecule has 130 valence electrons. The molecular weight excluding hydrogens is 324 g/mol. The van der Waals surface area contributed by atoms with Crippen LogP contribution in [0.4, 0.5) is 5.95 Å². The summed E-state index contributed by atoms with van der Waals surface area (Å²) in [5.41, 5.74) is 9.13. The number of imidazole rings is 1. The minimum Gasteiger partial charge on any atom is -0.323 e.